The lowest BCUT2D eigenvalue weighted by atomic mass is 10.2. The molecular weight excluding hydrogens is 306 g/mol. The van der Waals surface area contributed by atoms with Crippen molar-refractivity contribution in [3.63, 3.8) is 0 Å². The molecule has 3 N–H and O–H groups in total. The summed E-state index contributed by atoms with van der Waals surface area (Å²) in [6.45, 7) is 1.37. The smallest absolute Gasteiger partial charge is 0.253 e. The maximum Gasteiger partial charge on any atom is 0.253 e. The molecule has 0 radical (unpaired) electrons. The third-order valence-electron chi connectivity index (χ3n) is 3.24. The van der Waals surface area contributed by atoms with Gasteiger partial charge in [0, 0.05) is 18.8 Å². The summed E-state index contributed by atoms with van der Waals surface area (Å²) in [7, 11) is 1.72. The zero-order valence-electron chi connectivity index (χ0n) is 12.6. The Morgan fingerprint density at radius 3 is 2.86 bits per heavy atom. The van der Waals surface area contributed by atoms with Gasteiger partial charge in [0.1, 0.15) is 6.10 Å². The minimum atomic E-state index is -0.344. The summed E-state index contributed by atoms with van der Waals surface area (Å²) in [4.78, 5) is 23.4. The molecule has 0 aliphatic carbocycles. The predicted molar refractivity (Wildman–Crippen MR) is 87.1 cm³/mol. The highest BCUT2D eigenvalue weighted by atomic mass is 35.5. The van der Waals surface area contributed by atoms with E-state index in [2.05, 4.69) is 16.0 Å². The third-order valence-corrected chi connectivity index (χ3v) is 3.24. The molecule has 0 bridgehead atoms. The van der Waals surface area contributed by atoms with E-state index in [0.29, 0.717) is 13.2 Å². The Morgan fingerprint density at radius 2 is 2.18 bits per heavy atom. The van der Waals surface area contributed by atoms with Crippen LogP contribution in [0.25, 0.3) is 0 Å². The Kier molecular flexibility index (Phi) is 7.87. The van der Waals surface area contributed by atoms with Gasteiger partial charge in [-0.3, -0.25) is 9.59 Å². The van der Waals surface area contributed by atoms with Gasteiger partial charge in [-0.1, -0.05) is 12.1 Å². The molecule has 122 valence electrons. The number of halogens is 1. The molecule has 1 saturated heterocycles. The number of ether oxygens (including phenoxy) is 1. The van der Waals surface area contributed by atoms with Gasteiger partial charge < -0.3 is 20.7 Å². The van der Waals surface area contributed by atoms with Crippen LogP contribution < -0.4 is 16.0 Å². The lowest BCUT2D eigenvalue weighted by Crippen LogP contribution is -2.31. The van der Waals surface area contributed by atoms with E-state index >= 15 is 0 Å². The highest BCUT2D eigenvalue weighted by molar-refractivity contribution is 5.94. The molecule has 1 aromatic carbocycles. The summed E-state index contributed by atoms with van der Waals surface area (Å²) in [6.07, 6.45) is 1.35. The van der Waals surface area contributed by atoms with Crippen LogP contribution in [0.1, 0.15) is 18.4 Å². The highest BCUT2D eigenvalue weighted by Gasteiger charge is 2.23. The molecule has 1 unspecified atom stereocenters. The zero-order chi connectivity index (χ0) is 15.1. The predicted octanol–water partition coefficient (Wildman–Crippen LogP) is 1.06. The number of rotatable bonds is 6. The Bertz CT molecular complexity index is 505. The quantitative estimate of drug-likeness (QED) is 0.730. The number of hydrogen-bond donors (Lipinski definition) is 3. The first kappa shape index (κ1) is 18.4. The van der Waals surface area contributed by atoms with Gasteiger partial charge in [0.25, 0.3) is 5.91 Å². The lowest BCUT2D eigenvalue weighted by Gasteiger charge is -2.11. The first-order valence-electron chi connectivity index (χ1n) is 7.12. The second-order valence-corrected chi connectivity index (χ2v) is 5.00. The Labute approximate surface area is 136 Å². The van der Waals surface area contributed by atoms with Crippen LogP contribution in [-0.2, 0) is 20.9 Å². The van der Waals surface area contributed by atoms with Crippen molar-refractivity contribution < 1.29 is 14.3 Å². The minimum absolute atomic E-state index is 0. The van der Waals surface area contributed by atoms with E-state index in [1.807, 2.05) is 24.3 Å². The van der Waals surface area contributed by atoms with E-state index in [1.165, 1.54) is 0 Å². The number of hydrogen-bond acceptors (Lipinski definition) is 4. The summed E-state index contributed by atoms with van der Waals surface area (Å²) in [5, 5.41) is 8.43. The monoisotopic (exact) mass is 327 g/mol. The third kappa shape index (κ3) is 5.63. The number of carbonyl (C=O) groups excluding carboxylic acids is 2. The maximum absolute atomic E-state index is 12.0. The maximum atomic E-state index is 12.0. The number of benzene rings is 1. The van der Waals surface area contributed by atoms with Gasteiger partial charge in [0.2, 0.25) is 5.91 Å². The normalized spacial score (nSPS) is 16.7. The van der Waals surface area contributed by atoms with Gasteiger partial charge in [-0.2, -0.15) is 0 Å². The van der Waals surface area contributed by atoms with Gasteiger partial charge in [-0.25, -0.2) is 0 Å². The van der Waals surface area contributed by atoms with E-state index in [-0.39, 0.29) is 36.9 Å². The van der Waals surface area contributed by atoms with E-state index < -0.39 is 0 Å². The number of anilines is 1. The molecule has 1 atom stereocenters. The van der Waals surface area contributed by atoms with Crippen molar-refractivity contribution in [3.8, 4) is 0 Å². The topological polar surface area (TPSA) is 79.5 Å². The fourth-order valence-electron chi connectivity index (χ4n) is 2.19. The van der Waals surface area contributed by atoms with Gasteiger partial charge in [0.05, 0.1) is 6.54 Å². The molecule has 6 nitrogen and oxygen atoms in total. The van der Waals surface area contributed by atoms with Gasteiger partial charge in [-0.15, -0.1) is 12.4 Å². The van der Waals surface area contributed by atoms with E-state index in [9.17, 15) is 9.59 Å². The van der Waals surface area contributed by atoms with Crippen LogP contribution in [0.5, 0.6) is 0 Å². The summed E-state index contributed by atoms with van der Waals surface area (Å²) in [5.41, 5.74) is 1.65. The average Bonchev–Trinajstić information content (AvgIpc) is 3.00. The van der Waals surface area contributed by atoms with Crippen molar-refractivity contribution in [1.29, 1.82) is 0 Å². The van der Waals surface area contributed by atoms with Crippen molar-refractivity contribution in [2.45, 2.75) is 25.5 Å². The molecule has 1 fully saturated rings. The summed E-state index contributed by atoms with van der Waals surface area (Å²) in [6, 6.07) is 7.43. The van der Waals surface area contributed by atoms with Crippen LogP contribution in [0.2, 0.25) is 0 Å². The lowest BCUT2D eigenvalue weighted by molar-refractivity contribution is -0.124. The molecule has 2 amide bonds. The fourth-order valence-corrected chi connectivity index (χ4v) is 2.19. The second-order valence-electron chi connectivity index (χ2n) is 5.00. The Balaban J connectivity index is 0.00000242. The molecule has 1 aliphatic heterocycles. The second kappa shape index (κ2) is 9.40. The molecule has 0 saturated carbocycles. The van der Waals surface area contributed by atoms with Gasteiger partial charge in [0.15, 0.2) is 0 Å². The minimum Gasteiger partial charge on any atom is -0.368 e. The fraction of sp³-hybridized carbons (Fsp3) is 0.467. The average molecular weight is 328 g/mol. The van der Waals surface area contributed by atoms with E-state index in [0.717, 1.165) is 24.1 Å². The summed E-state index contributed by atoms with van der Waals surface area (Å²) in [5.74, 6) is -0.171. The largest absolute Gasteiger partial charge is 0.368 e. The van der Waals surface area contributed by atoms with Crippen LogP contribution in [0.4, 0.5) is 5.69 Å². The first-order chi connectivity index (χ1) is 10.2. The molecule has 7 heteroatoms. The first-order valence-corrected chi connectivity index (χ1v) is 7.12. The summed E-state index contributed by atoms with van der Waals surface area (Å²) < 4.78 is 5.35. The number of nitrogens with one attached hydrogen (secondary N) is 3. The number of likely N-dealkylation sites (N-methyl/N-ethyl adjacent to an activating group) is 1. The van der Waals surface area contributed by atoms with E-state index in [4.69, 9.17) is 4.74 Å². The Hall–Kier alpha value is -1.63. The van der Waals surface area contributed by atoms with Crippen LogP contribution >= 0.6 is 12.4 Å². The zero-order valence-corrected chi connectivity index (χ0v) is 13.4. The van der Waals surface area contributed by atoms with E-state index in [1.54, 1.807) is 7.05 Å². The molecular formula is C15H22ClN3O3. The van der Waals surface area contributed by atoms with Crippen LogP contribution in [0.15, 0.2) is 24.3 Å². The number of carbonyl (C=O) groups is 2. The molecule has 1 aromatic rings. The standard InChI is InChI=1S/C15H21N3O3.ClH/c1-16-10-14(19)17-9-11-4-2-5-12(8-11)18-15(20)13-6-3-7-21-13;/h2,4-5,8,13,16H,3,6-7,9-10H2,1H3,(H,17,19)(H,18,20);1H. The van der Waals surface area contributed by atoms with Crippen molar-refractivity contribution in [2.24, 2.45) is 0 Å². The molecule has 2 rings (SSSR count). The molecule has 0 spiro atoms. The summed E-state index contributed by atoms with van der Waals surface area (Å²) >= 11 is 0. The number of amides is 2. The molecule has 0 aromatic heterocycles. The Morgan fingerprint density at radius 1 is 1.36 bits per heavy atom. The van der Waals surface area contributed by atoms with Crippen molar-refractivity contribution in [1.82, 2.24) is 10.6 Å². The van der Waals surface area contributed by atoms with Crippen LogP contribution in [0, 0.1) is 0 Å². The molecule has 1 aliphatic rings. The van der Waals surface area contributed by atoms with Crippen LogP contribution in [-0.4, -0.2) is 38.1 Å². The van der Waals surface area contributed by atoms with Crippen molar-refractivity contribution in [3.05, 3.63) is 29.8 Å². The van der Waals surface area contributed by atoms with Crippen molar-refractivity contribution >= 4 is 29.9 Å². The molecule has 1 heterocycles. The van der Waals surface area contributed by atoms with Gasteiger partial charge >= 0.3 is 0 Å². The van der Waals surface area contributed by atoms with Crippen molar-refractivity contribution in [2.75, 3.05) is 25.5 Å². The van der Waals surface area contributed by atoms with Gasteiger partial charge in [-0.05, 0) is 37.6 Å². The van der Waals surface area contributed by atoms with Crippen LogP contribution in [0.3, 0.4) is 0 Å². The highest BCUT2D eigenvalue weighted by Crippen LogP contribution is 2.16. The molecule has 22 heavy (non-hydrogen) atoms. The SMILES string of the molecule is CNCC(=O)NCc1cccc(NC(=O)C2CCCO2)c1.Cl.